The lowest BCUT2D eigenvalue weighted by Crippen LogP contribution is -2.54. The third-order valence-corrected chi connectivity index (χ3v) is 5.53. The summed E-state index contributed by atoms with van der Waals surface area (Å²) in [7, 11) is -3.30. The molecule has 144 valence electrons. The molecule has 3 rings (SSSR count). The van der Waals surface area contributed by atoms with E-state index in [1.165, 1.54) is 12.1 Å². The lowest BCUT2D eigenvalue weighted by Gasteiger charge is -2.31. The van der Waals surface area contributed by atoms with Gasteiger partial charge in [0, 0.05) is 25.2 Å². The van der Waals surface area contributed by atoms with E-state index in [9.17, 15) is 13.2 Å². The van der Waals surface area contributed by atoms with Crippen molar-refractivity contribution in [2.45, 2.75) is 23.3 Å². The minimum absolute atomic E-state index is 0.189. The normalized spacial score (nSPS) is 16.5. The molecule has 0 aliphatic carbocycles. The van der Waals surface area contributed by atoms with Crippen LogP contribution in [0.4, 0.5) is 5.69 Å². The predicted molar refractivity (Wildman–Crippen MR) is 102 cm³/mol. The molecular formula is C19H22N2O5S. The van der Waals surface area contributed by atoms with Gasteiger partial charge in [0.25, 0.3) is 0 Å². The number of rotatable bonds is 5. The van der Waals surface area contributed by atoms with Gasteiger partial charge in [-0.05, 0) is 55.3 Å². The molecule has 8 heteroatoms. The topological polar surface area (TPSA) is 108 Å². The number of nitrogens with two attached hydrogens (primary N) is 1. The van der Waals surface area contributed by atoms with Gasteiger partial charge in [0.05, 0.1) is 4.90 Å². The number of carbonyl (C=O) groups is 1. The molecule has 3 N–H and O–H groups in total. The number of nitrogens with one attached hydrogen (secondary N) is 1. The number of ether oxygens (including phenoxy) is 2. The highest BCUT2D eigenvalue weighted by atomic mass is 32.2. The highest BCUT2D eigenvalue weighted by molar-refractivity contribution is 7.90. The summed E-state index contributed by atoms with van der Waals surface area (Å²) >= 11 is 0. The average Bonchev–Trinajstić information content (AvgIpc) is 2.63. The Morgan fingerprint density at radius 2 is 1.78 bits per heavy atom. The van der Waals surface area contributed by atoms with Crippen LogP contribution < -0.4 is 15.8 Å². The molecule has 1 amide bonds. The Labute approximate surface area is 158 Å². The molecule has 0 spiro atoms. The maximum absolute atomic E-state index is 12.4. The SMILES string of the molecule is CS(=O)(=O)c1cccc(Oc2ccc(NC(=O)C3(N)CCOCC3)cc2)c1. The van der Waals surface area contributed by atoms with E-state index in [2.05, 4.69) is 5.32 Å². The zero-order chi connectivity index (χ0) is 19.5. The predicted octanol–water partition coefficient (Wildman–Crippen LogP) is 2.33. The van der Waals surface area contributed by atoms with Crippen LogP contribution in [-0.2, 0) is 19.4 Å². The summed E-state index contributed by atoms with van der Waals surface area (Å²) in [4.78, 5) is 12.6. The van der Waals surface area contributed by atoms with Gasteiger partial charge in [0.1, 0.15) is 17.0 Å². The van der Waals surface area contributed by atoms with Crippen LogP contribution in [0.25, 0.3) is 0 Å². The first-order valence-electron chi connectivity index (χ1n) is 8.52. The molecule has 1 fully saturated rings. The summed E-state index contributed by atoms with van der Waals surface area (Å²) in [5.41, 5.74) is 5.85. The van der Waals surface area contributed by atoms with E-state index < -0.39 is 15.4 Å². The van der Waals surface area contributed by atoms with Gasteiger partial charge >= 0.3 is 0 Å². The van der Waals surface area contributed by atoms with E-state index in [1.54, 1.807) is 36.4 Å². The van der Waals surface area contributed by atoms with Crippen molar-refractivity contribution in [3.05, 3.63) is 48.5 Å². The molecule has 27 heavy (non-hydrogen) atoms. The van der Waals surface area contributed by atoms with Gasteiger partial charge in [0.15, 0.2) is 9.84 Å². The van der Waals surface area contributed by atoms with Crippen molar-refractivity contribution >= 4 is 21.4 Å². The van der Waals surface area contributed by atoms with Gasteiger partial charge < -0.3 is 20.5 Å². The highest BCUT2D eigenvalue weighted by Gasteiger charge is 2.35. The molecule has 0 atom stereocenters. The highest BCUT2D eigenvalue weighted by Crippen LogP contribution is 2.26. The van der Waals surface area contributed by atoms with E-state index >= 15 is 0 Å². The van der Waals surface area contributed by atoms with E-state index in [1.807, 2.05) is 0 Å². The molecule has 1 aliphatic rings. The first-order chi connectivity index (χ1) is 12.8. The quantitative estimate of drug-likeness (QED) is 0.811. The molecule has 2 aromatic carbocycles. The number of benzene rings is 2. The number of carbonyl (C=O) groups excluding carboxylic acids is 1. The molecule has 0 aromatic heterocycles. The summed E-state index contributed by atoms with van der Waals surface area (Å²) in [6.07, 6.45) is 2.11. The fraction of sp³-hybridized carbons (Fsp3) is 0.316. The van der Waals surface area contributed by atoms with Gasteiger partial charge in [-0.25, -0.2) is 8.42 Å². The van der Waals surface area contributed by atoms with Crippen molar-refractivity contribution in [2.75, 3.05) is 24.8 Å². The van der Waals surface area contributed by atoms with Crippen LogP contribution in [0.2, 0.25) is 0 Å². The fourth-order valence-corrected chi connectivity index (χ4v) is 3.39. The van der Waals surface area contributed by atoms with Crippen LogP contribution in [-0.4, -0.2) is 39.3 Å². The molecule has 0 bridgehead atoms. The molecule has 1 saturated heterocycles. The molecule has 0 saturated carbocycles. The van der Waals surface area contributed by atoms with Gasteiger partial charge in [-0.15, -0.1) is 0 Å². The fourth-order valence-electron chi connectivity index (χ4n) is 2.73. The van der Waals surface area contributed by atoms with Gasteiger partial charge in [-0.1, -0.05) is 6.07 Å². The van der Waals surface area contributed by atoms with Gasteiger partial charge in [-0.3, -0.25) is 4.79 Å². The Balaban J connectivity index is 1.66. The van der Waals surface area contributed by atoms with Crippen LogP contribution in [0.3, 0.4) is 0 Å². The minimum Gasteiger partial charge on any atom is -0.457 e. The smallest absolute Gasteiger partial charge is 0.244 e. The molecular weight excluding hydrogens is 368 g/mol. The van der Waals surface area contributed by atoms with Gasteiger partial charge in [0.2, 0.25) is 5.91 Å². The lowest BCUT2D eigenvalue weighted by molar-refractivity contribution is -0.124. The Hall–Kier alpha value is -2.42. The van der Waals surface area contributed by atoms with Crippen LogP contribution >= 0.6 is 0 Å². The van der Waals surface area contributed by atoms with Crippen molar-refractivity contribution in [3.8, 4) is 11.5 Å². The van der Waals surface area contributed by atoms with E-state index in [-0.39, 0.29) is 10.8 Å². The number of hydrogen-bond acceptors (Lipinski definition) is 6. The Morgan fingerprint density at radius 1 is 1.11 bits per heavy atom. The summed E-state index contributed by atoms with van der Waals surface area (Å²) in [6.45, 7) is 0.951. The monoisotopic (exact) mass is 390 g/mol. The van der Waals surface area contributed by atoms with Crippen molar-refractivity contribution in [3.63, 3.8) is 0 Å². The maximum atomic E-state index is 12.4. The zero-order valence-electron chi connectivity index (χ0n) is 15.0. The third kappa shape index (κ3) is 4.85. The molecule has 0 unspecified atom stereocenters. The Kier molecular flexibility index (Phi) is 5.50. The first kappa shape index (κ1) is 19.3. The molecule has 1 heterocycles. The van der Waals surface area contributed by atoms with Crippen molar-refractivity contribution in [1.82, 2.24) is 0 Å². The van der Waals surface area contributed by atoms with Crippen LogP contribution in [0.5, 0.6) is 11.5 Å². The molecule has 2 aromatic rings. The summed E-state index contributed by atoms with van der Waals surface area (Å²) in [6, 6.07) is 13.1. The molecule has 1 aliphatic heterocycles. The summed E-state index contributed by atoms with van der Waals surface area (Å²) in [5, 5.41) is 2.82. The van der Waals surface area contributed by atoms with Crippen molar-refractivity contribution < 1.29 is 22.7 Å². The summed E-state index contributed by atoms with van der Waals surface area (Å²) < 4.78 is 34.2. The van der Waals surface area contributed by atoms with Crippen molar-refractivity contribution in [2.24, 2.45) is 5.73 Å². The van der Waals surface area contributed by atoms with E-state index in [4.69, 9.17) is 15.2 Å². The van der Waals surface area contributed by atoms with Gasteiger partial charge in [-0.2, -0.15) is 0 Å². The summed E-state index contributed by atoms with van der Waals surface area (Å²) in [5.74, 6) is 0.699. The Morgan fingerprint density at radius 3 is 2.41 bits per heavy atom. The molecule has 7 nitrogen and oxygen atoms in total. The first-order valence-corrected chi connectivity index (χ1v) is 10.4. The second-order valence-electron chi connectivity index (χ2n) is 6.60. The van der Waals surface area contributed by atoms with Crippen molar-refractivity contribution in [1.29, 1.82) is 0 Å². The number of anilines is 1. The average molecular weight is 390 g/mol. The maximum Gasteiger partial charge on any atom is 0.244 e. The number of sulfone groups is 1. The van der Waals surface area contributed by atoms with Crippen LogP contribution in [0, 0.1) is 0 Å². The standard InChI is InChI=1S/C19H22N2O5S/c1-27(23,24)17-4-2-3-16(13-17)26-15-7-5-14(6-8-15)21-18(22)19(20)9-11-25-12-10-19/h2-8,13H,9-12,20H2,1H3,(H,21,22). The Bertz CT molecular complexity index is 919. The molecule has 0 radical (unpaired) electrons. The van der Waals surface area contributed by atoms with Crippen LogP contribution in [0.1, 0.15) is 12.8 Å². The van der Waals surface area contributed by atoms with Crippen LogP contribution in [0.15, 0.2) is 53.4 Å². The minimum atomic E-state index is -3.30. The second kappa shape index (κ2) is 7.67. The number of hydrogen-bond donors (Lipinski definition) is 2. The largest absolute Gasteiger partial charge is 0.457 e. The third-order valence-electron chi connectivity index (χ3n) is 4.42. The van der Waals surface area contributed by atoms with E-state index in [0.29, 0.717) is 43.2 Å². The van der Waals surface area contributed by atoms with E-state index in [0.717, 1.165) is 6.26 Å². The number of amides is 1. The lowest BCUT2D eigenvalue weighted by atomic mass is 9.90. The second-order valence-corrected chi connectivity index (χ2v) is 8.61. The zero-order valence-corrected chi connectivity index (χ0v) is 15.8.